The lowest BCUT2D eigenvalue weighted by Gasteiger charge is -2.09. The number of carbonyl (C=O) groups is 2. The fraction of sp³-hybridized carbons (Fsp3) is 0.111. The highest BCUT2D eigenvalue weighted by Crippen LogP contribution is 2.13. The van der Waals surface area contributed by atoms with E-state index in [1.165, 1.54) is 25.1 Å². The van der Waals surface area contributed by atoms with E-state index in [0.29, 0.717) is 0 Å². The molecule has 0 heterocycles. The first-order valence-electron chi connectivity index (χ1n) is 4.49. The molecule has 84 valence electrons. The zero-order valence-corrected chi connectivity index (χ0v) is 8.60. The van der Waals surface area contributed by atoms with Crippen LogP contribution in [0.15, 0.2) is 18.2 Å². The minimum absolute atomic E-state index is 0.111. The van der Waals surface area contributed by atoms with Gasteiger partial charge in [-0.05, 0) is 17.6 Å². The van der Waals surface area contributed by atoms with Crippen LogP contribution in [0.4, 0.5) is 5.69 Å². The average Bonchev–Trinajstić information content (AvgIpc) is 2.15. The first-order valence-corrected chi connectivity index (χ1v) is 4.49. The van der Waals surface area contributed by atoms with E-state index in [1.807, 2.05) is 0 Å². The van der Waals surface area contributed by atoms with Crippen LogP contribution >= 0.6 is 0 Å². The minimum Gasteiger partial charge on any atom is -0.423 e. The lowest BCUT2D eigenvalue weighted by Crippen LogP contribution is -2.31. The summed E-state index contributed by atoms with van der Waals surface area (Å²) >= 11 is 0. The molecule has 0 spiro atoms. The summed E-state index contributed by atoms with van der Waals surface area (Å²) in [6.07, 6.45) is 0. The molecule has 16 heavy (non-hydrogen) atoms. The largest absolute Gasteiger partial charge is 0.488 e. The molecule has 0 aromatic heterocycles. The third-order valence-corrected chi connectivity index (χ3v) is 1.92. The number of carbonyl (C=O) groups excluding carboxylic acids is 2. The molecule has 5 N–H and O–H groups in total. The van der Waals surface area contributed by atoms with Crippen molar-refractivity contribution in [1.82, 2.24) is 0 Å². The Kier molecular flexibility index (Phi) is 3.65. The Bertz CT molecular complexity index is 434. The van der Waals surface area contributed by atoms with Crippen molar-refractivity contribution in [3.63, 3.8) is 0 Å². The summed E-state index contributed by atoms with van der Waals surface area (Å²) in [5.74, 6) is -1.09. The van der Waals surface area contributed by atoms with E-state index >= 15 is 0 Å². The van der Waals surface area contributed by atoms with Gasteiger partial charge in [-0.2, -0.15) is 0 Å². The second-order valence-corrected chi connectivity index (χ2v) is 3.22. The Hall–Kier alpha value is -1.86. The summed E-state index contributed by atoms with van der Waals surface area (Å²) in [6, 6.07) is 3.95. The van der Waals surface area contributed by atoms with Gasteiger partial charge in [-0.25, -0.2) is 0 Å². The summed E-state index contributed by atoms with van der Waals surface area (Å²) < 4.78 is 0. The van der Waals surface area contributed by atoms with Gasteiger partial charge in [0.05, 0.1) is 11.3 Å². The lowest BCUT2D eigenvalue weighted by molar-refractivity contribution is -0.114. The average molecular weight is 222 g/mol. The number of amides is 2. The van der Waals surface area contributed by atoms with Crippen LogP contribution < -0.4 is 16.5 Å². The Morgan fingerprint density at radius 3 is 2.44 bits per heavy atom. The van der Waals surface area contributed by atoms with Crippen molar-refractivity contribution in [2.45, 2.75) is 6.92 Å². The Labute approximate surface area is 92.2 Å². The van der Waals surface area contributed by atoms with Gasteiger partial charge in [-0.15, -0.1) is 0 Å². The van der Waals surface area contributed by atoms with Crippen molar-refractivity contribution in [3.8, 4) is 0 Å². The maximum absolute atomic E-state index is 11.0. The highest BCUT2D eigenvalue weighted by molar-refractivity contribution is 6.58. The van der Waals surface area contributed by atoms with Crippen LogP contribution in [0.25, 0.3) is 0 Å². The van der Waals surface area contributed by atoms with Gasteiger partial charge in [0.15, 0.2) is 0 Å². The van der Waals surface area contributed by atoms with Gasteiger partial charge in [0.1, 0.15) is 0 Å². The Morgan fingerprint density at radius 1 is 1.38 bits per heavy atom. The second kappa shape index (κ2) is 4.78. The number of rotatable bonds is 3. The number of benzene rings is 1. The highest BCUT2D eigenvalue weighted by Gasteiger charge is 2.16. The Morgan fingerprint density at radius 2 is 2.00 bits per heavy atom. The van der Waals surface area contributed by atoms with Crippen LogP contribution in [-0.2, 0) is 4.79 Å². The van der Waals surface area contributed by atoms with E-state index in [2.05, 4.69) is 5.32 Å². The topological polar surface area (TPSA) is 113 Å². The molecule has 0 radical (unpaired) electrons. The molecule has 1 rings (SSSR count). The third kappa shape index (κ3) is 2.82. The summed E-state index contributed by atoms with van der Waals surface area (Å²) in [5.41, 5.74) is 5.53. The SMILES string of the molecule is CC(=O)Nc1cc(B(O)O)ccc1C(N)=O. The van der Waals surface area contributed by atoms with Crippen LogP contribution in [0.5, 0.6) is 0 Å². The number of nitrogens with one attached hydrogen (secondary N) is 1. The maximum Gasteiger partial charge on any atom is 0.488 e. The molecule has 0 bridgehead atoms. The fourth-order valence-corrected chi connectivity index (χ4v) is 1.23. The molecule has 0 saturated heterocycles. The summed E-state index contributed by atoms with van der Waals surface area (Å²) in [6.45, 7) is 1.27. The number of hydrogen-bond acceptors (Lipinski definition) is 4. The van der Waals surface area contributed by atoms with Crippen molar-refractivity contribution >= 4 is 30.1 Å². The molecule has 0 atom stereocenters. The lowest BCUT2D eigenvalue weighted by atomic mass is 9.79. The van der Waals surface area contributed by atoms with E-state index in [9.17, 15) is 9.59 Å². The predicted molar refractivity (Wildman–Crippen MR) is 59.1 cm³/mol. The van der Waals surface area contributed by atoms with Gasteiger partial charge in [-0.3, -0.25) is 9.59 Å². The number of nitrogens with two attached hydrogens (primary N) is 1. The van der Waals surface area contributed by atoms with E-state index < -0.39 is 13.0 Å². The van der Waals surface area contributed by atoms with Gasteiger partial charge in [-0.1, -0.05) is 6.07 Å². The van der Waals surface area contributed by atoms with E-state index in [-0.39, 0.29) is 22.6 Å². The molecular weight excluding hydrogens is 211 g/mol. The smallest absolute Gasteiger partial charge is 0.423 e. The van der Waals surface area contributed by atoms with Crippen LogP contribution in [0.3, 0.4) is 0 Å². The first-order chi connectivity index (χ1) is 7.41. The van der Waals surface area contributed by atoms with Crippen molar-refractivity contribution < 1.29 is 19.6 Å². The normalized spacial score (nSPS) is 9.69. The predicted octanol–water partition coefficient (Wildman–Crippen LogP) is -1.58. The summed E-state index contributed by atoms with van der Waals surface area (Å²) in [7, 11) is -1.67. The molecule has 1 aromatic rings. The van der Waals surface area contributed by atoms with Gasteiger partial charge >= 0.3 is 7.12 Å². The Balaban J connectivity index is 3.20. The molecule has 2 amide bonds. The standard InChI is InChI=1S/C9H11BN2O4/c1-5(13)12-8-4-6(10(15)16)2-3-7(8)9(11)14/h2-4,15-16H,1H3,(H2,11,14)(H,12,13). The van der Waals surface area contributed by atoms with E-state index in [0.717, 1.165) is 0 Å². The zero-order chi connectivity index (χ0) is 12.3. The second-order valence-electron chi connectivity index (χ2n) is 3.22. The molecule has 0 aliphatic rings. The van der Waals surface area contributed by atoms with Crippen molar-refractivity contribution in [1.29, 1.82) is 0 Å². The molecule has 0 fully saturated rings. The molecule has 6 nitrogen and oxygen atoms in total. The van der Waals surface area contributed by atoms with Crippen molar-refractivity contribution in [2.75, 3.05) is 5.32 Å². The van der Waals surface area contributed by atoms with Crippen molar-refractivity contribution in [2.24, 2.45) is 5.73 Å². The third-order valence-electron chi connectivity index (χ3n) is 1.92. The molecule has 0 aliphatic carbocycles. The molecular formula is C9H11BN2O4. The molecule has 7 heteroatoms. The van der Waals surface area contributed by atoms with E-state index in [4.69, 9.17) is 15.8 Å². The fourth-order valence-electron chi connectivity index (χ4n) is 1.23. The maximum atomic E-state index is 11.0. The molecule has 1 aromatic carbocycles. The van der Waals surface area contributed by atoms with Crippen LogP contribution in [0.2, 0.25) is 0 Å². The van der Waals surface area contributed by atoms with Gasteiger partial charge in [0.25, 0.3) is 5.91 Å². The molecule has 0 unspecified atom stereocenters. The number of primary amides is 1. The van der Waals surface area contributed by atoms with Crippen LogP contribution in [0.1, 0.15) is 17.3 Å². The van der Waals surface area contributed by atoms with Gasteiger partial charge in [0, 0.05) is 6.92 Å². The minimum atomic E-state index is -1.67. The van der Waals surface area contributed by atoms with Crippen LogP contribution in [-0.4, -0.2) is 29.0 Å². The summed E-state index contributed by atoms with van der Waals surface area (Å²) in [4.78, 5) is 21.9. The molecule has 0 saturated carbocycles. The summed E-state index contributed by atoms with van der Waals surface area (Å²) in [5, 5.41) is 20.3. The number of hydrogen-bond donors (Lipinski definition) is 4. The monoisotopic (exact) mass is 222 g/mol. The van der Waals surface area contributed by atoms with Gasteiger partial charge < -0.3 is 21.1 Å². The highest BCUT2D eigenvalue weighted by atomic mass is 16.4. The van der Waals surface area contributed by atoms with Crippen LogP contribution in [0, 0.1) is 0 Å². The van der Waals surface area contributed by atoms with E-state index in [1.54, 1.807) is 0 Å². The van der Waals surface area contributed by atoms with Crippen molar-refractivity contribution in [3.05, 3.63) is 23.8 Å². The number of anilines is 1. The quantitative estimate of drug-likeness (QED) is 0.462. The van der Waals surface area contributed by atoms with Gasteiger partial charge in [0.2, 0.25) is 5.91 Å². The zero-order valence-electron chi connectivity index (χ0n) is 8.60. The molecule has 0 aliphatic heterocycles. The first kappa shape index (κ1) is 12.2.